The molecule has 0 atom stereocenters. The maximum Gasteiger partial charge on any atom is 0.487 e. The third-order valence-electron chi connectivity index (χ3n) is 0.646. The van der Waals surface area contributed by atoms with E-state index in [9.17, 15) is 4.79 Å². The van der Waals surface area contributed by atoms with Gasteiger partial charge in [-0.25, -0.2) is 0 Å². The Morgan fingerprint density at radius 1 is 1.78 bits per heavy atom. The summed E-state index contributed by atoms with van der Waals surface area (Å²) in [6.07, 6.45) is 0. The molecule has 50 valence electrons. The van der Waals surface area contributed by atoms with Crippen molar-refractivity contribution in [2.45, 2.75) is 6.92 Å². The molecule has 0 aromatic rings. The van der Waals surface area contributed by atoms with Gasteiger partial charge in [0, 0.05) is 6.92 Å². The number of carbonyl (C=O) groups excluding carboxylic acids is 1. The van der Waals surface area contributed by atoms with E-state index in [4.69, 9.17) is 11.7 Å². The molecule has 3 nitrogen and oxygen atoms in total. The standard InChI is InChI=1S/C6H9O3/c1-5(2)6(8)9-4-3-7/h1,7H,3-4H2,2H3/q+1. The zero-order valence-electron chi connectivity index (χ0n) is 5.26. The molecule has 0 saturated carbocycles. The third kappa shape index (κ3) is 3.64. The summed E-state index contributed by atoms with van der Waals surface area (Å²) < 4.78 is 4.40. The Morgan fingerprint density at radius 2 is 2.33 bits per heavy atom. The van der Waals surface area contributed by atoms with E-state index in [1.807, 2.05) is 0 Å². The first-order valence-electron chi connectivity index (χ1n) is 2.55. The van der Waals surface area contributed by atoms with Crippen LogP contribution in [0.4, 0.5) is 0 Å². The van der Waals surface area contributed by atoms with Gasteiger partial charge in [-0.1, -0.05) is 0 Å². The molecule has 9 heavy (non-hydrogen) atoms. The highest BCUT2D eigenvalue weighted by atomic mass is 16.5. The molecule has 0 fully saturated rings. The Balaban J connectivity index is 3.39. The normalized spacial score (nSPS) is 8.56. The smallest absolute Gasteiger partial charge is 0.393 e. The van der Waals surface area contributed by atoms with Crippen LogP contribution in [-0.2, 0) is 9.53 Å². The van der Waals surface area contributed by atoms with Crippen LogP contribution in [-0.4, -0.2) is 24.3 Å². The van der Waals surface area contributed by atoms with Crippen LogP contribution >= 0.6 is 0 Å². The third-order valence-corrected chi connectivity index (χ3v) is 0.646. The van der Waals surface area contributed by atoms with Crippen LogP contribution in [0.25, 0.3) is 0 Å². The molecule has 0 unspecified atom stereocenters. The van der Waals surface area contributed by atoms with Gasteiger partial charge in [0.25, 0.3) is 0 Å². The fraction of sp³-hybridized carbons (Fsp3) is 0.500. The first-order chi connectivity index (χ1) is 4.18. The Bertz CT molecular complexity index is 117. The van der Waals surface area contributed by atoms with Crippen molar-refractivity contribution < 1.29 is 14.6 Å². The van der Waals surface area contributed by atoms with Crippen LogP contribution in [0.5, 0.6) is 0 Å². The van der Waals surface area contributed by atoms with Crippen LogP contribution in [0.3, 0.4) is 0 Å². The van der Waals surface area contributed by atoms with Gasteiger partial charge in [-0.15, -0.1) is 4.79 Å². The van der Waals surface area contributed by atoms with Gasteiger partial charge in [0.1, 0.15) is 6.61 Å². The second kappa shape index (κ2) is 4.01. The lowest BCUT2D eigenvalue weighted by atomic mass is 10.4. The highest BCUT2D eigenvalue weighted by molar-refractivity contribution is 5.86. The Kier molecular flexibility index (Phi) is 3.60. The van der Waals surface area contributed by atoms with Gasteiger partial charge >= 0.3 is 5.97 Å². The van der Waals surface area contributed by atoms with Crippen LogP contribution in [0, 0.1) is 6.58 Å². The van der Waals surface area contributed by atoms with Crippen molar-refractivity contribution in [1.82, 2.24) is 0 Å². The summed E-state index contributed by atoms with van der Waals surface area (Å²) in [4.78, 5) is 10.4. The molecular weight excluding hydrogens is 120 g/mol. The molecule has 0 rings (SSSR count). The topological polar surface area (TPSA) is 46.5 Å². The number of hydrogen-bond donors (Lipinski definition) is 1. The Labute approximate surface area is 53.9 Å². The molecule has 0 aliphatic heterocycles. The highest BCUT2D eigenvalue weighted by Crippen LogP contribution is 1.89. The van der Waals surface area contributed by atoms with E-state index in [-0.39, 0.29) is 18.8 Å². The summed E-state index contributed by atoms with van der Waals surface area (Å²) >= 11 is 0. The zero-order chi connectivity index (χ0) is 7.28. The summed E-state index contributed by atoms with van der Waals surface area (Å²) in [6.45, 7) is 6.32. The fourth-order valence-electron chi connectivity index (χ4n) is 0.252. The molecule has 0 aliphatic carbocycles. The maximum atomic E-state index is 10.4. The molecule has 0 aromatic heterocycles. The van der Waals surface area contributed by atoms with E-state index >= 15 is 0 Å². The van der Waals surface area contributed by atoms with E-state index in [1.165, 1.54) is 6.92 Å². The number of aliphatic hydroxyl groups is 1. The highest BCUT2D eigenvalue weighted by Gasteiger charge is 2.13. The van der Waals surface area contributed by atoms with Crippen molar-refractivity contribution in [3.63, 3.8) is 0 Å². The van der Waals surface area contributed by atoms with Crippen LogP contribution in [0.1, 0.15) is 6.92 Å². The van der Waals surface area contributed by atoms with E-state index in [2.05, 4.69) is 4.74 Å². The molecule has 0 amide bonds. The van der Waals surface area contributed by atoms with Gasteiger partial charge in [-0.2, -0.15) is 0 Å². The van der Waals surface area contributed by atoms with Gasteiger partial charge in [0.2, 0.25) is 5.57 Å². The number of carbonyl (C=O) groups is 1. The van der Waals surface area contributed by atoms with Gasteiger partial charge in [-0.05, 0) is 0 Å². The molecule has 3 heteroatoms. The second-order valence-electron chi connectivity index (χ2n) is 1.54. The number of rotatable bonds is 3. The van der Waals surface area contributed by atoms with Crippen molar-refractivity contribution in [3.05, 3.63) is 12.2 Å². The molecule has 0 saturated heterocycles. The van der Waals surface area contributed by atoms with Crippen molar-refractivity contribution in [3.8, 4) is 0 Å². The number of aliphatic hydroxyl groups excluding tert-OH is 1. The van der Waals surface area contributed by atoms with E-state index in [0.717, 1.165) is 0 Å². The first kappa shape index (κ1) is 8.08. The largest absolute Gasteiger partial charge is 0.487 e. The van der Waals surface area contributed by atoms with Gasteiger partial charge in [0.15, 0.2) is 0 Å². The van der Waals surface area contributed by atoms with Crippen LogP contribution in [0.2, 0.25) is 0 Å². The Hall–Kier alpha value is -0.920. The first-order valence-corrected chi connectivity index (χ1v) is 2.55. The van der Waals surface area contributed by atoms with Crippen LogP contribution in [0.15, 0.2) is 5.57 Å². The number of ether oxygens (including phenoxy) is 1. The van der Waals surface area contributed by atoms with Gasteiger partial charge in [-0.3, -0.25) is 0 Å². The van der Waals surface area contributed by atoms with Gasteiger partial charge < -0.3 is 9.84 Å². The maximum absolute atomic E-state index is 10.4. The molecular formula is C6H9O3+. The zero-order valence-corrected chi connectivity index (χ0v) is 5.26. The van der Waals surface area contributed by atoms with Gasteiger partial charge in [0.05, 0.1) is 13.2 Å². The molecule has 0 bridgehead atoms. The lowest BCUT2D eigenvalue weighted by Gasteiger charge is -1.89. The molecule has 0 heterocycles. The molecule has 0 spiro atoms. The molecule has 0 aromatic carbocycles. The second-order valence-corrected chi connectivity index (χ2v) is 1.54. The number of hydrogen-bond acceptors (Lipinski definition) is 3. The minimum atomic E-state index is -0.566. The van der Waals surface area contributed by atoms with E-state index in [0.29, 0.717) is 0 Å². The van der Waals surface area contributed by atoms with E-state index < -0.39 is 5.97 Å². The summed E-state index contributed by atoms with van der Waals surface area (Å²) in [5.41, 5.74) is 0.100. The predicted molar refractivity (Wildman–Crippen MR) is 31.5 cm³/mol. The predicted octanol–water partition coefficient (Wildman–Crippen LogP) is -0.0988. The average molecular weight is 129 g/mol. The fourth-order valence-corrected chi connectivity index (χ4v) is 0.252. The average Bonchev–Trinajstić information content (AvgIpc) is 1.82. The monoisotopic (exact) mass is 129 g/mol. The molecule has 0 radical (unpaired) electrons. The quantitative estimate of drug-likeness (QED) is 0.329. The van der Waals surface area contributed by atoms with Crippen molar-refractivity contribution >= 4 is 5.97 Å². The molecule has 1 N–H and O–H groups in total. The lowest BCUT2D eigenvalue weighted by Crippen LogP contribution is -2.08. The van der Waals surface area contributed by atoms with Crippen LogP contribution < -0.4 is 0 Å². The van der Waals surface area contributed by atoms with Crippen molar-refractivity contribution in [1.29, 1.82) is 0 Å². The summed E-state index contributed by atoms with van der Waals surface area (Å²) in [6, 6.07) is 0. The molecule has 0 aliphatic rings. The minimum absolute atomic E-state index is 0.00731. The van der Waals surface area contributed by atoms with Crippen molar-refractivity contribution in [2.75, 3.05) is 13.2 Å². The lowest BCUT2D eigenvalue weighted by molar-refractivity contribution is -0.139. The summed E-state index contributed by atoms with van der Waals surface area (Å²) in [7, 11) is 0. The Morgan fingerprint density at radius 3 is 2.67 bits per heavy atom. The SMILES string of the molecule is [CH+]=C(C)C(=O)OCCO. The summed E-state index contributed by atoms with van der Waals surface area (Å²) in [5, 5.41) is 8.17. The summed E-state index contributed by atoms with van der Waals surface area (Å²) in [5.74, 6) is -0.566. The van der Waals surface area contributed by atoms with Crippen molar-refractivity contribution in [2.24, 2.45) is 0 Å². The minimum Gasteiger partial charge on any atom is -0.393 e. The van der Waals surface area contributed by atoms with E-state index in [1.54, 1.807) is 0 Å². The number of esters is 1.